The van der Waals surface area contributed by atoms with Gasteiger partial charge in [-0.25, -0.2) is 4.79 Å². The quantitative estimate of drug-likeness (QED) is 0.775. The number of allylic oxidation sites excluding steroid dienone is 2. The lowest BCUT2D eigenvalue weighted by molar-refractivity contribution is -0.138. The van der Waals surface area contributed by atoms with Gasteiger partial charge in [0.15, 0.2) is 5.78 Å². The summed E-state index contributed by atoms with van der Waals surface area (Å²) >= 11 is 3.45. The van der Waals surface area contributed by atoms with Crippen molar-refractivity contribution >= 4 is 27.7 Å². The molecule has 0 bridgehead atoms. The van der Waals surface area contributed by atoms with E-state index in [1.807, 2.05) is 24.3 Å². The number of dihydropyridines is 1. The molecular weight excluding hydrogens is 372 g/mol. The molecule has 1 unspecified atom stereocenters. The molecule has 5 nitrogen and oxygen atoms in total. The van der Waals surface area contributed by atoms with Gasteiger partial charge in [-0.15, -0.1) is 0 Å². The molecule has 0 saturated carbocycles. The molecule has 1 aromatic carbocycles. The van der Waals surface area contributed by atoms with E-state index in [1.165, 1.54) is 0 Å². The Kier molecular flexibility index (Phi) is 4.76. The molecule has 24 heavy (non-hydrogen) atoms. The summed E-state index contributed by atoms with van der Waals surface area (Å²) in [7, 11) is 0. The van der Waals surface area contributed by atoms with Crippen LogP contribution in [0.4, 0.5) is 0 Å². The number of carbonyl (C=O) groups excluding carboxylic acids is 2. The molecule has 0 saturated heterocycles. The number of nitrogens with one attached hydrogen (secondary N) is 1. The average Bonchev–Trinajstić information content (AvgIpc) is 2.54. The fraction of sp³-hybridized carbons (Fsp3) is 0.333. The number of nitrogens with two attached hydrogens (primary N) is 1. The lowest BCUT2D eigenvalue weighted by Gasteiger charge is -2.33. The van der Waals surface area contributed by atoms with E-state index < -0.39 is 11.9 Å². The first-order valence-corrected chi connectivity index (χ1v) is 8.77. The monoisotopic (exact) mass is 390 g/mol. The first-order chi connectivity index (χ1) is 11.5. The van der Waals surface area contributed by atoms with Gasteiger partial charge in [-0.1, -0.05) is 28.1 Å². The minimum atomic E-state index is -0.495. The summed E-state index contributed by atoms with van der Waals surface area (Å²) in [5.41, 5.74) is 8.75. The van der Waals surface area contributed by atoms with Crippen LogP contribution in [0.3, 0.4) is 0 Å². The summed E-state index contributed by atoms with van der Waals surface area (Å²) in [6, 6.07) is 7.60. The molecule has 126 valence electrons. The second-order valence-corrected chi connectivity index (χ2v) is 6.75. The van der Waals surface area contributed by atoms with Crippen molar-refractivity contribution in [2.45, 2.75) is 32.1 Å². The van der Waals surface area contributed by atoms with Crippen LogP contribution >= 0.6 is 15.9 Å². The van der Waals surface area contributed by atoms with Gasteiger partial charge in [-0.3, -0.25) is 4.79 Å². The third-order valence-electron chi connectivity index (χ3n) is 4.29. The average molecular weight is 391 g/mol. The molecule has 0 fully saturated rings. The van der Waals surface area contributed by atoms with Gasteiger partial charge in [0.05, 0.1) is 18.1 Å². The van der Waals surface area contributed by atoms with Gasteiger partial charge in [-0.05, 0) is 37.5 Å². The van der Waals surface area contributed by atoms with Crippen LogP contribution in [-0.4, -0.2) is 18.4 Å². The predicted octanol–water partition coefficient (Wildman–Crippen LogP) is 2.88. The molecule has 3 rings (SSSR count). The molecule has 6 heteroatoms. The van der Waals surface area contributed by atoms with Crippen LogP contribution in [0.25, 0.3) is 0 Å². The fourth-order valence-electron chi connectivity index (χ4n) is 3.31. The molecule has 0 radical (unpaired) electrons. The SMILES string of the molecule is CCOC(=O)C1=C(N)NC2=C(C(=O)CCC2)C1c1cccc(Br)c1. The van der Waals surface area contributed by atoms with Crippen LogP contribution in [0.15, 0.2) is 51.4 Å². The number of hydrogen-bond acceptors (Lipinski definition) is 5. The van der Waals surface area contributed by atoms with Crippen LogP contribution in [0.1, 0.15) is 37.7 Å². The van der Waals surface area contributed by atoms with Crippen LogP contribution in [0, 0.1) is 0 Å². The first-order valence-electron chi connectivity index (χ1n) is 7.98. The summed E-state index contributed by atoms with van der Waals surface area (Å²) < 4.78 is 6.07. The smallest absolute Gasteiger partial charge is 0.338 e. The fourth-order valence-corrected chi connectivity index (χ4v) is 3.73. The third-order valence-corrected chi connectivity index (χ3v) is 4.78. The molecule has 2 aliphatic rings. The number of ether oxygens (including phenoxy) is 1. The maximum Gasteiger partial charge on any atom is 0.338 e. The zero-order valence-electron chi connectivity index (χ0n) is 13.4. The van der Waals surface area contributed by atoms with Crippen LogP contribution < -0.4 is 11.1 Å². The van der Waals surface area contributed by atoms with E-state index in [0.717, 1.165) is 28.6 Å². The molecule has 1 aromatic rings. The maximum absolute atomic E-state index is 12.6. The summed E-state index contributed by atoms with van der Waals surface area (Å²) in [4.78, 5) is 25.1. The number of carbonyl (C=O) groups is 2. The molecule has 0 aromatic heterocycles. The maximum atomic E-state index is 12.6. The highest BCUT2D eigenvalue weighted by Gasteiger charge is 2.39. The largest absolute Gasteiger partial charge is 0.463 e. The Balaban J connectivity index is 2.17. The molecule has 3 N–H and O–H groups in total. The topological polar surface area (TPSA) is 81.4 Å². The molecule has 0 amide bonds. The highest BCUT2D eigenvalue weighted by atomic mass is 79.9. The number of rotatable bonds is 3. The van der Waals surface area contributed by atoms with Gasteiger partial charge in [0, 0.05) is 22.2 Å². The second kappa shape index (κ2) is 6.81. The Labute approximate surface area is 149 Å². The minimum Gasteiger partial charge on any atom is -0.463 e. The van der Waals surface area contributed by atoms with Gasteiger partial charge in [0.25, 0.3) is 0 Å². The summed E-state index contributed by atoms with van der Waals surface area (Å²) in [6.45, 7) is 2.00. The first kappa shape index (κ1) is 16.8. The Hall–Kier alpha value is -2.08. The highest BCUT2D eigenvalue weighted by Crippen LogP contribution is 2.42. The summed E-state index contributed by atoms with van der Waals surface area (Å²) in [6.07, 6.45) is 2.03. The predicted molar refractivity (Wildman–Crippen MR) is 93.7 cm³/mol. The minimum absolute atomic E-state index is 0.0584. The second-order valence-electron chi connectivity index (χ2n) is 5.83. The number of hydrogen-bond donors (Lipinski definition) is 2. The number of Topliss-reactive ketones (excluding diaryl/α,β-unsaturated/α-hetero) is 1. The zero-order valence-corrected chi connectivity index (χ0v) is 15.0. The lowest BCUT2D eigenvalue weighted by Crippen LogP contribution is -2.37. The van der Waals surface area contributed by atoms with Crippen LogP contribution in [0.2, 0.25) is 0 Å². The summed E-state index contributed by atoms with van der Waals surface area (Å²) in [5, 5.41) is 3.06. The standard InChI is InChI=1S/C18H19BrN2O3/c1-2-24-18(23)16-14(10-5-3-6-11(19)9-10)15-12(21-17(16)20)7-4-8-13(15)22/h3,5-6,9,14,21H,2,4,7-8,20H2,1H3. The molecule has 1 heterocycles. The molecule has 1 atom stereocenters. The van der Waals surface area contributed by atoms with Crippen molar-refractivity contribution < 1.29 is 14.3 Å². The van der Waals surface area contributed by atoms with E-state index in [0.29, 0.717) is 17.6 Å². The van der Waals surface area contributed by atoms with Crippen molar-refractivity contribution in [2.75, 3.05) is 6.61 Å². The van der Waals surface area contributed by atoms with Crippen molar-refractivity contribution in [2.24, 2.45) is 5.73 Å². The highest BCUT2D eigenvalue weighted by molar-refractivity contribution is 9.10. The summed E-state index contributed by atoms with van der Waals surface area (Å²) in [5.74, 6) is -0.655. The van der Waals surface area contributed by atoms with E-state index in [2.05, 4.69) is 21.2 Å². The van der Waals surface area contributed by atoms with Crippen molar-refractivity contribution in [3.8, 4) is 0 Å². The van der Waals surface area contributed by atoms with Gasteiger partial charge in [0.1, 0.15) is 5.82 Å². The van der Waals surface area contributed by atoms with E-state index in [4.69, 9.17) is 10.5 Å². The Morgan fingerprint density at radius 2 is 2.21 bits per heavy atom. The normalized spacial score (nSPS) is 20.6. The third kappa shape index (κ3) is 2.98. The van der Waals surface area contributed by atoms with Crippen LogP contribution in [-0.2, 0) is 14.3 Å². The van der Waals surface area contributed by atoms with Crippen molar-refractivity contribution in [1.29, 1.82) is 0 Å². The van der Waals surface area contributed by atoms with Crippen molar-refractivity contribution in [1.82, 2.24) is 5.32 Å². The molecule has 0 spiro atoms. The van der Waals surface area contributed by atoms with E-state index in [-0.39, 0.29) is 18.2 Å². The van der Waals surface area contributed by atoms with Crippen LogP contribution in [0.5, 0.6) is 0 Å². The van der Waals surface area contributed by atoms with Crippen molar-refractivity contribution in [3.63, 3.8) is 0 Å². The lowest BCUT2D eigenvalue weighted by atomic mass is 9.76. The number of esters is 1. The Morgan fingerprint density at radius 1 is 1.42 bits per heavy atom. The number of benzene rings is 1. The van der Waals surface area contributed by atoms with Gasteiger partial charge < -0.3 is 15.8 Å². The van der Waals surface area contributed by atoms with E-state index in [9.17, 15) is 9.59 Å². The van der Waals surface area contributed by atoms with E-state index in [1.54, 1.807) is 6.92 Å². The van der Waals surface area contributed by atoms with Gasteiger partial charge in [0.2, 0.25) is 0 Å². The molecule has 1 aliphatic heterocycles. The van der Waals surface area contributed by atoms with Gasteiger partial charge in [-0.2, -0.15) is 0 Å². The van der Waals surface area contributed by atoms with Gasteiger partial charge >= 0.3 is 5.97 Å². The Morgan fingerprint density at radius 3 is 2.92 bits per heavy atom. The number of ketones is 1. The van der Waals surface area contributed by atoms with Crippen molar-refractivity contribution in [3.05, 3.63) is 57.0 Å². The molecule has 1 aliphatic carbocycles. The number of halogens is 1. The van der Waals surface area contributed by atoms with E-state index >= 15 is 0 Å². The zero-order chi connectivity index (χ0) is 17.3. The Bertz CT molecular complexity index is 767. The molecular formula is C18H19BrN2O3.